The molecule has 0 aliphatic rings. The number of nitro groups is 1. The van der Waals surface area contributed by atoms with Gasteiger partial charge in [0.1, 0.15) is 5.69 Å². The maximum atomic E-state index is 12.3. The predicted octanol–water partition coefficient (Wildman–Crippen LogP) is 4.95. The van der Waals surface area contributed by atoms with E-state index in [1.54, 1.807) is 12.1 Å². The number of rotatable bonds is 7. The monoisotopic (exact) mass is 458 g/mol. The summed E-state index contributed by atoms with van der Waals surface area (Å²) in [5.41, 5.74) is 4.35. The zero-order valence-electron chi connectivity index (χ0n) is 17.5. The van der Waals surface area contributed by atoms with Crippen molar-refractivity contribution in [1.82, 2.24) is 14.8 Å². The van der Waals surface area contributed by atoms with Gasteiger partial charge in [-0.05, 0) is 30.0 Å². The average molecular weight is 459 g/mol. The standard InChI is InChI=1S/C23H18N6O3S/c1-16(30)22(26-24-19-14-8-9-15-20(19)29(31)32)33-23-27-25-21(17-10-4-2-5-11-17)28(23)18-12-6-3-7-13-18/h2-15,24H,1H3/b26-22-. The van der Waals surface area contributed by atoms with Crippen LogP contribution in [0.15, 0.2) is 95.2 Å². The Kier molecular flexibility index (Phi) is 6.56. The summed E-state index contributed by atoms with van der Waals surface area (Å²) >= 11 is 1.02. The molecule has 1 heterocycles. The van der Waals surface area contributed by atoms with Crippen molar-refractivity contribution in [1.29, 1.82) is 0 Å². The van der Waals surface area contributed by atoms with Crippen molar-refractivity contribution in [3.63, 3.8) is 0 Å². The third-order valence-electron chi connectivity index (χ3n) is 4.55. The van der Waals surface area contributed by atoms with Crippen molar-refractivity contribution < 1.29 is 9.72 Å². The number of ketones is 1. The summed E-state index contributed by atoms with van der Waals surface area (Å²) in [6.07, 6.45) is 0. The minimum Gasteiger partial charge on any atom is -0.292 e. The third kappa shape index (κ3) is 4.96. The number of aromatic nitrogens is 3. The lowest BCUT2D eigenvalue weighted by Crippen LogP contribution is -2.10. The van der Waals surface area contributed by atoms with Crippen molar-refractivity contribution in [2.75, 3.05) is 5.43 Å². The van der Waals surface area contributed by atoms with Crippen molar-refractivity contribution >= 4 is 34.0 Å². The molecule has 0 atom stereocenters. The number of nitrogens with zero attached hydrogens (tertiary/aromatic N) is 5. The molecule has 1 aromatic heterocycles. The van der Waals surface area contributed by atoms with Gasteiger partial charge >= 0.3 is 0 Å². The molecule has 33 heavy (non-hydrogen) atoms. The zero-order valence-corrected chi connectivity index (χ0v) is 18.3. The summed E-state index contributed by atoms with van der Waals surface area (Å²) in [6, 6.07) is 25.2. The van der Waals surface area contributed by atoms with Gasteiger partial charge in [0.05, 0.1) is 4.92 Å². The fourth-order valence-electron chi connectivity index (χ4n) is 3.02. The first kappa shape index (κ1) is 21.9. The molecule has 0 aliphatic heterocycles. The normalized spacial score (nSPS) is 11.2. The van der Waals surface area contributed by atoms with Gasteiger partial charge in [0.15, 0.2) is 16.7 Å². The lowest BCUT2D eigenvalue weighted by Gasteiger charge is -2.10. The Morgan fingerprint density at radius 3 is 2.27 bits per heavy atom. The number of thioether (sulfide) groups is 1. The van der Waals surface area contributed by atoms with Crippen LogP contribution in [0.4, 0.5) is 11.4 Å². The molecule has 10 heteroatoms. The van der Waals surface area contributed by atoms with Crippen LogP contribution < -0.4 is 5.43 Å². The second-order valence-electron chi connectivity index (χ2n) is 6.80. The Balaban J connectivity index is 1.73. The number of carbonyl (C=O) groups excluding carboxylic acids is 1. The van der Waals surface area contributed by atoms with Crippen LogP contribution in [0.3, 0.4) is 0 Å². The molecule has 0 spiro atoms. The van der Waals surface area contributed by atoms with E-state index in [1.165, 1.54) is 19.1 Å². The number of hydrogen-bond donors (Lipinski definition) is 1. The van der Waals surface area contributed by atoms with E-state index in [0.29, 0.717) is 11.0 Å². The third-order valence-corrected chi connectivity index (χ3v) is 5.57. The van der Waals surface area contributed by atoms with Crippen molar-refractivity contribution in [2.45, 2.75) is 12.1 Å². The minimum absolute atomic E-state index is 0.0809. The molecular weight excluding hydrogens is 440 g/mol. The highest BCUT2D eigenvalue weighted by atomic mass is 32.2. The minimum atomic E-state index is -0.517. The van der Waals surface area contributed by atoms with Crippen LogP contribution in [0.1, 0.15) is 6.92 Å². The van der Waals surface area contributed by atoms with Gasteiger partial charge in [0.25, 0.3) is 5.69 Å². The summed E-state index contributed by atoms with van der Waals surface area (Å²) in [4.78, 5) is 23.1. The van der Waals surface area contributed by atoms with E-state index in [1.807, 2.05) is 65.2 Å². The topological polar surface area (TPSA) is 115 Å². The Labute approximate surface area is 193 Å². The van der Waals surface area contributed by atoms with E-state index in [9.17, 15) is 14.9 Å². The smallest absolute Gasteiger partial charge is 0.292 e. The van der Waals surface area contributed by atoms with Crippen molar-refractivity contribution in [3.8, 4) is 17.1 Å². The Morgan fingerprint density at radius 1 is 0.970 bits per heavy atom. The highest BCUT2D eigenvalue weighted by molar-refractivity contribution is 8.15. The van der Waals surface area contributed by atoms with E-state index in [-0.39, 0.29) is 22.2 Å². The largest absolute Gasteiger partial charge is 0.294 e. The van der Waals surface area contributed by atoms with Crippen LogP contribution in [-0.2, 0) is 4.79 Å². The van der Waals surface area contributed by atoms with Gasteiger partial charge in [-0.15, -0.1) is 10.2 Å². The molecule has 0 unspecified atom stereocenters. The Hall–Kier alpha value is -4.31. The highest BCUT2D eigenvalue weighted by Gasteiger charge is 2.20. The number of anilines is 1. The molecule has 0 amide bonds. The summed E-state index contributed by atoms with van der Waals surface area (Å²) in [5, 5.41) is 24.6. The summed E-state index contributed by atoms with van der Waals surface area (Å²) in [5.74, 6) is 0.286. The fraction of sp³-hybridized carbons (Fsp3) is 0.0435. The van der Waals surface area contributed by atoms with Gasteiger partial charge in [-0.1, -0.05) is 60.7 Å². The number of carbonyl (C=O) groups is 1. The molecule has 0 fully saturated rings. The molecule has 0 saturated heterocycles. The first-order valence-corrected chi connectivity index (χ1v) is 10.7. The number of para-hydroxylation sites is 3. The van der Waals surface area contributed by atoms with Crippen LogP contribution in [0.2, 0.25) is 0 Å². The van der Waals surface area contributed by atoms with E-state index >= 15 is 0 Å². The second kappa shape index (κ2) is 9.88. The zero-order chi connectivity index (χ0) is 23.2. The quantitative estimate of drug-likeness (QED) is 0.137. The average Bonchev–Trinajstić information content (AvgIpc) is 3.26. The maximum absolute atomic E-state index is 12.3. The van der Waals surface area contributed by atoms with Crippen LogP contribution >= 0.6 is 11.8 Å². The molecule has 0 saturated carbocycles. The predicted molar refractivity (Wildman–Crippen MR) is 127 cm³/mol. The van der Waals surface area contributed by atoms with Crippen molar-refractivity contribution in [3.05, 3.63) is 95.0 Å². The van der Waals surface area contributed by atoms with Crippen LogP contribution in [0, 0.1) is 10.1 Å². The van der Waals surface area contributed by atoms with Crippen LogP contribution in [-0.4, -0.2) is 30.5 Å². The van der Waals surface area contributed by atoms with Gasteiger partial charge in [0, 0.05) is 24.2 Å². The summed E-state index contributed by atoms with van der Waals surface area (Å²) in [6.45, 7) is 1.37. The molecule has 4 rings (SSSR count). The van der Waals surface area contributed by atoms with Gasteiger partial charge in [0.2, 0.25) is 5.16 Å². The Morgan fingerprint density at radius 2 is 1.61 bits per heavy atom. The van der Waals surface area contributed by atoms with Crippen LogP contribution in [0.5, 0.6) is 0 Å². The van der Waals surface area contributed by atoms with E-state index < -0.39 is 4.92 Å². The number of hydrazone groups is 1. The number of hydrogen-bond acceptors (Lipinski definition) is 8. The second-order valence-corrected chi connectivity index (χ2v) is 7.76. The Bertz CT molecular complexity index is 1320. The molecule has 0 aliphatic carbocycles. The SMILES string of the molecule is CC(=O)/C(=N/Nc1ccccc1[N+](=O)[O-])Sc1nnc(-c2ccccc2)n1-c1ccccc1. The van der Waals surface area contributed by atoms with E-state index in [0.717, 1.165) is 23.0 Å². The number of Topliss-reactive ketones (excluding diaryl/α,β-unsaturated/α-hetero) is 1. The maximum Gasteiger partial charge on any atom is 0.294 e. The van der Waals surface area contributed by atoms with E-state index in [4.69, 9.17) is 0 Å². The van der Waals surface area contributed by atoms with Crippen LogP contribution in [0.25, 0.3) is 17.1 Å². The number of nitrogens with one attached hydrogen (secondary N) is 1. The van der Waals surface area contributed by atoms with Gasteiger partial charge < -0.3 is 0 Å². The van der Waals surface area contributed by atoms with Gasteiger partial charge in [-0.3, -0.25) is 24.9 Å². The molecule has 4 aromatic rings. The highest BCUT2D eigenvalue weighted by Crippen LogP contribution is 2.29. The van der Waals surface area contributed by atoms with Gasteiger partial charge in [-0.25, -0.2) is 0 Å². The molecule has 3 aromatic carbocycles. The molecular formula is C23H18N6O3S. The molecule has 0 bridgehead atoms. The van der Waals surface area contributed by atoms with Gasteiger partial charge in [-0.2, -0.15) is 5.10 Å². The first-order valence-electron chi connectivity index (χ1n) is 9.87. The lowest BCUT2D eigenvalue weighted by atomic mass is 10.2. The van der Waals surface area contributed by atoms with E-state index in [2.05, 4.69) is 20.7 Å². The molecule has 9 nitrogen and oxygen atoms in total. The fourth-order valence-corrected chi connectivity index (χ4v) is 3.79. The summed E-state index contributed by atoms with van der Waals surface area (Å²) < 4.78 is 1.84. The first-order chi connectivity index (χ1) is 16.0. The number of nitro benzene ring substituents is 1. The molecule has 1 N–H and O–H groups in total. The molecule has 0 radical (unpaired) electrons. The number of benzene rings is 3. The summed E-state index contributed by atoms with van der Waals surface area (Å²) in [7, 11) is 0. The van der Waals surface area contributed by atoms with Crippen molar-refractivity contribution in [2.24, 2.45) is 5.10 Å². The lowest BCUT2D eigenvalue weighted by molar-refractivity contribution is -0.384. The molecule has 164 valence electrons.